The molecule has 3 aliphatic heterocycles. The lowest BCUT2D eigenvalue weighted by Crippen LogP contribution is -2.54. The van der Waals surface area contributed by atoms with Gasteiger partial charge >= 0.3 is 6.18 Å². The second-order valence-corrected chi connectivity index (χ2v) is 8.14. The molecule has 3 N–H and O–H groups in total. The van der Waals surface area contributed by atoms with E-state index < -0.39 is 41.3 Å². The van der Waals surface area contributed by atoms with Crippen molar-refractivity contribution in [3.8, 4) is 0 Å². The Morgan fingerprint density at radius 3 is 2.52 bits per heavy atom. The van der Waals surface area contributed by atoms with Crippen molar-refractivity contribution >= 4 is 23.6 Å². The molecule has 2 fully saturated rings. The third kappa shape index (κ3) is 3.72. The Hall–Kier alpha value is -2.79. The van der Waals surface area contributed by atoms with Crippen molar-refractivity contribution in [2.45, 2.75) is 38.0 Å². The average molecular weight is 438 g/mol. The predicted molar refractivity (Wildman–Crippen MR) is 101 cm³/mol. The van der Waals surface area contributed by atoms with Crippen molar-refractivity contribution in [2.24, 2.45) is 5.41 Å². The van der Waals surface area contributed by atoms with Gasteiger partial charge in [0.2, 0.25) is 11.8 Å². The average Bonchev–Trinajstić information content (AvgIpc) is 3.27. The van der Waals surface area contributed by atoms with Gasteiger partial charge in [0.15, 0.2) is 0 Å². The molecule has 4 rings (SSSR count). The van der Waals surface area contributed by atoms with Crippen molar-refractivity contribution in [1.82, 2.24) is 20.9 Å². The first-order chi connectivity index (χ1) is 14.6. The van der Waals surface area contributed by atoms with Gasteiger partial charge in [-0.2, -0.15) is 13.2 Å². The van der Waals surface area contributed by atoms with Gasteiger partial charge < -0.3 is 10.6 Å². The highest BCUT2D eigenvalue weighted by Crippen LogP contribution is 2.42. The van der Waals surface area contributed by atoms with Gasteiger partial charge in [-0.15, -0.1) is 0 Å². The van der Waals surface area contributed by atoms with Gasteiger partial charge in [0, 0.05) is 26.1 Å². The summed E-state index contributed by atoms with van der Waals surface area (Å²) in [5.74, 6) is -2.43. The number of carbonyl (C=O) groups excluding carboxylic acids is 4. The van der Waals surface area contributed by atoms with E-state index in [4.69, 9.17) is 0 Å². The summed E-state index contributed by atoms with van der Waals surface area (Å²) in [5, 5.41) is 7.70. The minimum absolute atomic E-state index is 0.0123. The number of halogens is 3. The summed E-state index contributed by atoms with van der Waals surface area (Å²) in [7, 11) is 0. The van der Waals surface area contributed by atoms with Crippen LogP contribution in [0.4, 0.5) is 13.2 Å². The van der Waals surface area contributed by atoms with Gasteiger partial charge in [-0.25, -0.2) is 0 Å². The maximum Gasteiger partial charge on any atom is 0.396 e. The molecule has 8 nitrogen and oxygen atoms in total. The summed E-state index contributed by atoms with van der Waals surface area (Å²) in [6.45, 7) is -0.0325. The Labute approximate surface area is 175 Å². The molecule has 11 heteroatoms. The van der Waals surface area contributed by atoms with Crippen LogP contribution in [0.25, 0.3) is 0 Å². The molecule has 2 unspecified atom stereocenters. The molecule has 2 saturated heterocycles. The highest BCUT2D eigenvalue weighted by atomic mass is 19.4. The fraction of sp³-hybridized carbons (Fsp3) is 0.500. The minimum atomic E-state index is -4.34. The van der Waals surface area contributed by atoms with Crippen LogP contribution in [0, 0.1) is 5.41 Å². The number of piperidine rings is 1. The molecule has 1 aromatic rings. The normalized spacial score (nSPS) is 26.4. The first-order valence-electron chi connectivity index (χ1n) is 9.96. The van der Waals surface area contributed by atoms with E-state index in [0.717, 1.165) is 4.90 Å². The molecule has 0 spiro atoms. The Kier molecular flexibility index (Phi) is 5.34. The Morgan fingerprint density at radius 2 is 1.87 bits per heavy atom. The van der Waals surface area contributed by atoms with Crippen LogP contribution >= 0.6 is 0 Å². The SMILES string of the molecule is O=C1CCC(N2C(=O)c3ccc(CNCC4(C(F)(F)F)CCNC4)cc3C2=O)C(=O)N1. The highest BCUT2D eigenvalue weighted by Gasteiger charge is 2.55. The molecule has 4 amide bonds. The molecule has 166 valence electrons. The maximum absolute atomic E-state index is 13.5. The molecule has 0 aromatic heterocycles. The van der Waals surface area contributed by atoms with Gasteiger partial charge in [-0.1, -0.05) is 6.07 Å². The van der Waals surface area contributed by atoms with E-state index in [1.807, 2.05) is 0 Å². The van der Waals surface area contributed by atoms with E-state index >= 15 is 0 Å². The number of fused-ring (bicyclic) bond motifs is 1. The summed E-state index contributed by atoms with van der Waals surface area (Å²) in [5.41, 5.74) is -1.06. The lowest BCUT2D eigenvalue weighted by atomic mass is 9.86. The van der Waals surface area contributed by atoms with E-state index in [-0.39, 0.29) is 50.0 Å². The zero-order chi connectivity index (χ0) is 22.4. The predicted octanol–water partition coefficient (Wildman–Crippen LogP) is 0.719. The molecule has 3 heterocycles. The van der Waals surface area contributed by atoms with Crippen LogP contribution in [-0.2, 0) is 16.1 Å². The number of nitrogens with one attached hydrogen (secondary N) is 3. The molecule has 0 radical (unpaired) electrons. The van der Waals surface area contributed by atoms with E-state index in [2.05, 4.69) is 16.0 Å². The highest BCUT2D eigenvalue weighted by molar-refractivity contribution is 6.23. The van der Waals surface area contributed by atoms with E-state index in [1.54, 1.807) is 6.07 Å². The number of hydrogen-bond donors (Lipinski definition) is 3. The Bertz CT molecular complexity index is 956. The summed E-state index contributed by atoms with van der Waals surface area (Å²) < 4.78 is 40.4. The van der Waals surface area contributed by atoms with Gasteiger partial charge in [0.1, 0.15) is 6.04 Å². The van der Waals surface area contributed by atoms with Gasteiger partial charge in [0.05, 0.1) is 16.5 Å². The molecule has 1 aromatic carbocycles. The molecular weight excluding hydrogens is 417 g/mol. The molecule has 31 heavy (non-hydrogen) atoms. The van der Waals surface area contributed by atoms with Crippen LogP contribution in [0.1, 0.15) is 45.5 Å². The number of nitrogens with zero attached hydrogens (tertiary/aromatic N) is 1. The third-order valence-corrected chi connectivity index (χ3v) is 6.14. The second-order valence-electron chi connectivity index (χ2n) is 8.14. The van der Waals surface area contributed by atoms with Crippen molar-refractivity contribution in [3.05, 3.63) is 34.9 Å². The smallest absolute Gasteiger partial charge is 0.316 e. The quantitative estimate of drug-likeness (QED) is 0.585. The molecule has 0 bridgehead atoms. The number of alkyl halides is 3. The standard InChI is InChI=1S/C20H21F3N4O4/c21-20(22,23)19(5-6-24-9-19)10-25-8-11-1-2-12-13(7-11)18(31)27(17(12)30)14-3-4-15(28)26-16(14)29/h1-2,7,14,24-25H,3-6,8-10H2,(H,26,28,29). The molecule has 2 atom stereocenters. The van der Waals surface area contributed by atoms with Gasteiger partial charge in [-0.3, -0.25) is 29.4 Å². The third-order valence-electron chi connectivity index (χ3n) is 6.14. The molecular formula is C20H21F3N4O4. The number of hydrogen-bond acceptors (Lipinski definition) is 6. The summed E-state index contributed by atoms with van der Waals surface area (Å²) >= 11 is 0. The molecule has 0 saturated carbocycles. The van der Waals surface area contributed by atoms with Crippen molar-refractivity contribution in [1.29, 1.82) is 0 Å². The molecule has 3 aliphatic rings. The van der Waals surface area contributed by atoms with Crippen molar-refractivity contribution < 1.29 is 32.3 Å². The van der Waals surface area contributed by atoms with Crippen LogP contribution in [0.15, 0.2) is 18.2 Å². The summed E-state index contributed by atoms with van der Waals surface area (Å²) in [6, 6.07) is 3.41. The monoisotopic (exact) mass is 438 g/mol. The first kappa shape index (κ1) is 21.4. The van der Waals surface area contributed by atoms with Crippen molar-refractivity contribution in [3.63, 3.8) is 0 Å². The van der Waals surface area contributed by atoms with Crippen LogP contribution < -0.4 is 16.0 Å². The van der Waals surface area contributed by atoms with Gasteiger partial charge in [-0.05, 0) is 37.1 Å². The van der Waals surface area contributed by atoms with E-state index in [1.165, 1.54) is 12.1 Å². The molecule has 0 aliphatic carbocycles. The fourth-order valence-electron chi connectivity index (χ4n) is 4.31. The van der Waals surface area contributed by atoms with Crippen LogP contribution in [0.2, 0.25) is 0 Å². The van der Waals surface area contributed by atoms with E-state index in [9.17, 15) is 32.3 Å². The minimum Gasteiger partial charge on any atom is -0.316 e. The Balaban J connectivity index is 1.46. The lowest BCUT2D eigenvalue weighted by Gasteiger charge is -2.31. The number of imide groups is 2. The number of carbonyl (C=O) groups is 4. The lowest BCUT2D eigenvalue weighted by molar-refractivity contribution is -0.215. The van der Waals surface area contributed by atoms with Crippen LogP contribution in [-0.4, -0.2) is 60.4 Å². The summed E-state index contributed by atoms with van der Waals surface area (Å²) in [6.07, 6.45) is -4.28. The maximum atomic E-state index is 13.5. The second kappa shape index (κ2) is 7.72. The Morgan fingerprint density at radius 1 is 1.13 bits per heavy atom. The summed E-state index contributed by atoms with van der Waals surface area (Å²) in [4.78, 5) is 49.8. The van der Waals surface area contributed by atoms with Crippen LogP contribution in [0.3, 0.4) is 0 Å². The fourth-order valence-corrected chi connectivity index (χ4v) is 4.31. The van der Waals surface area contributed by atoms with E-state index in [0.29, 0.717) is 12.1 Å². The van der Waals surface area contributed by atoms with Crippen LogP contribution in [0.5, 0.6) is 0 Å². The zero-order valence-corrected chi connectivity index (χ0v) is 16.5. The van der Waals surface area contributed by atoms with Gasteiger partial charge in [0.25, 0.3) is 11.8 Å². The number of rotatable bonds is 5. The topological polar surface area (TPSA) is 108 Å². The largest absolute Gasteiger partial charge is 0.396 e. The zero-order valence-electron chi connectivity index (χ0n) is 16.5. The van der Waals surface area contributed by atoms with Crippen molar-refractivity contribution in [2.75, 3.05) is 19.6 Å². The first-order valence-corrected chi connectivity index (χ1v) is 9.96. The number of amides is 4. The number of benzene rings is 1.